The summed E-state index contributed by atoms with van der Waals surface area (Å²) in [5.74, 6) is -0.145. The minimum Gasteiger partial charge on any atom is -0.352 e. The fraction of sp³-hybridized carbons (Fsp3) is 0.533. The Balaban J connectivity index is 2.01. The normalized spacial score (nSPS) is 16.8. The van der Waals surface area contributed by atoms with E-state index < -0.39 is 0 Å². The van der Waals surface area contributed by atoms with Crippen molar-refractivity contribution >= 4 is 5.91 Å². The summed E-state index contributed by atoms with van der Waals surface area (Å²) in [6.45, 7) is 4.31. The van der Waals surface area contributed by atoms with Gasteiger partial charge >= 0.3 is 0 Å². The van der Waals surface area contributed by atoms with Gasteiger partial charge in [0.25, 0.3) is 0 Å². The number of amides is 1. The Morgan fingerprint density at radius 3 is 2.37 bits per heavy atom. The maximum absolute atomic E-state index is 13.5. The van der Waals surface area contributed by atoms with Crippen LogP contribution in [0.15, 0.2) is 12.1 Å². The number of rotatable bonds is 4. The predicted molar refractivity (Wildman–Crippen MR) is 73.1 cm³/mol. The monoisotopic (exact) mass is 264 g/mol. The molecular weight excluding hydrogens is 243 g/mol. The van der Waals surface area contributed by atoms with Crippen LogP contribution in [-0.4, -0.2) is 12.5 Å². The molecule has 1 aliphatic carbocycles. The lowest BCUT2D eigenvalue weighted by Crippen LogP contribution is -2.50. The van der Waals surface area contributed by atoms with Crippen molar-refractivity contribution in [3.05, 3.63) is 34.6 Å². The molecule has 1 amide bonds. The van der Waals surface area contributed by atoms with E-state index in [4.69, 9.17) is 5.73 Å². The van der Waals surface area contributed by atoms with E-state index in [0.29, 0.717) is 24.2 Å². The summed E-state index contributed by atoms with van der Waals surface area (Å²) in [5.41, 5.74) is 7.49. The number of benzene rings is 1. The molecule has 1 aliphatic rings. The Morgan fingerprint density at radius 2 is 1.95 bits per heavy atom. The van der Waals surface area contributed by atoms with Crippen LogP contribution in [0.25, 0.3) is 0 Å². The number of carbonyl (C=O) groups is 1. The summed E-state index contributed by atoms with van der Waals surface area (Å²) in [7, 11) is 0. The Bertz CT molecular complexity index is 466. The number of nitrogens with two attached hydrogens (primary N) is 1. The number of halogens is 1. The molecule has 4 heteroatoms. The highest BCUT2D eigenvalue weighted by atomic mass is 19.1. The van der Waals surface area contributed by atoms with E-state index in [-0.39, 0.29) is 17.1 Å². The van der Waals surface area contributed by atoms with Gasteiger partial charge in [0.2, 0.25) is 5.91 Å². The van der Waals surface area contributed by atoms with Crippen LogP contribution in [0.4, 0.5) is 4.39 Å². The van der Waals surface area contributed by atoms with Crippen molar-refractivity contribution in [2.24, 2.45) is 11.1 Å². The van der Waals surface area contributed by atoms with E-state index in [9.17, 15) is 9.18 Å². The van der Waals surface area contributed by atoms with E-state index in [1.165, 1.54) is 0 Å². The van der Waals surface area contributed by atoms with Crippen LogP contribution in [0.2, 0.25) is 0 Å². The number of hydrogen-bond acceptors (Lipinski definition) is 2. The summed E-state index contributed by atoms with van der Waals surface area (Å²) < 4.78 is 13.5. The molecule has 0 atom stereocenters. The first-order valence-corrected chi connectivity index (χ1v) is 6.72. The Hall–Kier alpha value is -1.42. The number of aryl methyl sites for hydroxylation is 2. The maximum Gasteiger partial charge on any atom is 0.227 e. The average molecular weight is 264 g/mol. The maximum atomic E-state index is 13.5. The minimum atomic E-state index is -0.357. The smallest absolute Gasteiger partial charge is 0.227 e. The molecule has 3 N–H and O–H groups in total. The van der Waals surface area contributed by atoms with E-state index in [2.05, 4.69) is 5.32 Å². The molecule has 2 rings (SSSR count). The van der Waals surface area contributed by atoms with Crippen LogP contribution < -0.4 is 11.1 Å². The van der Waals surface area contributed by atoms with Crippen molar-refractivity contribution in [1.29, 1.82) is 0 Å². The number of nitrogens with one attached hydrogen (secondary N) is 1. The first-order valence-electron chi connectivity index (χ1n) is 6.72. The lowest BCUT2D eigenvalue weighted by molar-refractivity contribution is -0.135. The lowest BCUT2D eigenvalue weighted by Gasteiger charge is -2.39. The van der Waals surface area contributed by atoms with E-state index in [0.717, 1.165) is 24.8 Å². The summed E-state index contributed by atoms with van der Waals surface area (Å²) in [5, 5.41) is 2.93. The summed E-state index contributed by atoms with van der Waals surface area (Å²) in [6.07, 6.45) is 2.81. The highest BCUT2D eigenvalue weighted by Crippen LogP contribution is 2.40. The van der Waals surface area contributed by atoms with Gasteiger partial charge in [0.15, 0.2) is 0 Å². The Kier molecular flexibility index (Phi) is 3.90. The third kappa shape index (κ3) is 2.63. The van der Waals surface area contributed by atoms with Gasteiger partial charge in [-0.3, -0.25) is 4.79 Å². The largest absolute Gasteiger partial charge is 0.352 e. The second-order valence-electron chi connectivity index (χ2n) is 5.56. The van der Waals surface area contributed by atoms with Gasteiger partial charge in [0, 0.05) is 13.1 Å². The molecular formula is C15H21FN2O. The standard InChI is InChI=1S/C15H21FN2O/c1-10-6-12(7-11(2)13(10)16)8-18-14(19)15(9-17)4-3-5-15/h6-7H,3-5,8-9,17H2,1-2H3,(H,18,19). The van der Waals surface area contributed by atoms with Gasteiger partial charge in [-0.15, -0.1) is 0 Å². The molecule has 0 radical (unpaired) electrons. The van der Waals surface area contributed by atoms with Crippen molar-refractivity contribution in [2.75, 3.05) is 6.54 Å². The SMILES string of the molecule is Cc1cc(CNC(=O)C2(CN)CCC2)cc(C)c1F. The van der Waals surface area contributed by atoms with Crippen LogP contribution in [0.5, 0.6) is 0 Å². The third-order valence-corrected chi connectivity index (χ3v) is 4.13. The van der Waals surface area contributed by atoms with Crippen LogP contribution in [-0.2, 0) is 11.3 Å². The molecule has 0 saturated heterocycles. The molecule has 104 valence electrons. The molecule has 0 heterocycles. The molecule has 1 aromatic rings. The number of hydrogen-bond donors (Lipinski definition) is 2. The van der Waals surface area contributed by atoms with Crippen molar-refractivity contribution in [1.82, 2.24) is 5.32 Å². The summed E-state index contributed by atoms with van der Waals surface area (Å²) in [4.78, 5) is 12.1. The molecule has 1 aromatic carbocycles. The van der Waals surface area contributed by atoms with Gasteiger partial charge in [-0.1, -0.05) is 18.6 Å². The van der Waals surface area contributed by atoms with Crippen LogP contribution in [0.1, 0.15) is 36.0 Å². The van der Waals surface area contributed by atoms with Gasteiger partial charge in [-0.05, 0) is 43.4 Å². The molecule has 1 saturated carbocycles. The second kappa shape index (κ2) is 5.29. The molecule has 0 aliphatic heterocycles. The Labute approximate surface area is 113 Å². The van der Waals surface area contributed by atoms with Gasteiger partial charge in [0.1, 0.15) is 5.82 Å². The Morgan fingerprint density at radius 1 is 1.37 bits per heavy atom. The predicted octanol–water partition coefficient (Wildman–Crippen LogP) is 2.19. The van der Waals surface area contributed by atoms with E-state index in [1.54, 1.807) is 26.0 Å². The summed E-state index contributed by atoms with van der Waals surface area (Å²) >= 11 is 0. The van der Waals surface area contributed by atoms with Crippen LogP contribution >= 0.6 is 0 Å². The summed E-state index contributed by atoms with van der Waals surface area (Å²) in [6, 6.07) is 3.55. The molecule has 0 spiro atoms. The van der Waals surface area contributed by atoms with Gasteiger partial charge in [0.05, 0.1) is 5.41 Å². The zero-order valence-corrected chi connectivity index (χ0v) is 11.6. The van der Waals surface area contributed by atoms with Crippen LogP contribution in [0, 0.1) is 25.1 Å². The lowest BCUT2D eigenvalue weighted by atomic mass is 9.68. The quantitative estimate of drug-likeness (QED) is 0.876. The fourth-order valence-electron chi connectivity index (χ4n) is 2.63. The van der Waals surface area contributed by atoms with Crippen molar-refractivity contribution < 1.29 is 9.18 Å². The minimum absolute atomic E-state index is 0.0286. The third-order valence-electron chi connectivity index (χ3n) is 4.13. The second-order valence-corrected chi connectivity index (χ2v) is 5.56. The topological polar surface area (TPSA) is 55.1 Å². The highest BCUT2D eigenvalue weighted by molar-refractivity contribution is 5.83. The molecule has 3 nitrogen and oxygen atoms in total. The van der Waals surface area contributed by atoms with Gasteiger partial charge in [-0.25, -0.2) is 4.39 Å². The van der Waals surface area contributed by atoms with Crippen LogP contribution in [0.3, 0.4) is 0 Å². The van der Waals surface area contributed by atoms with Crippen molar-refractivity contribution in [3.63, 3.8) is 0 Å². The number of carbonyl (C=O) groups excluding carboxylic acids is 1. The zero-order valence-electron chi connectivity index (χ0n) is 11.6. The van der Waals surface area contributed by atoms with Gasteiger partial charge < -0.3 is 11.1 Å². The van der Waals surface area contributed by atoms with Gasteiger partial charge in [-0.2, -0.15) is 0 Å². The molecule has 1 fully saturated rings. The average Bonchev–Trinajstić information content (AvgIpc) is 2.32. The van der Waals surface area contributed by atoms with E-state index in [1.807, 2.05) is 0 Å². The molecule has 0 bridgehead atoms. The van der Waals surface area contributed by atoms with Crippen molar-refractivity contribution in [3.8, 4) is 0 Å². The molecule has 0 unspecified atom stereocenters. The van der Waals surface area contributed by atoms with Crippen molar-refractivity contribution in [2.45, 2.75) is 39.7 Å². The first-order chi connectivity index (χ1) is 8.98. The van der Waals surface area contributed by atoms with E-state index >= 15 is 0 Å². The fourth-order valence-corrected chi connectivity index (χ4v) is 2.63. The first kappa shape index (κ1) is 14.0. The molecule has 19 heavy (non-hydrogen) atoms. The molecule has 0 aromatic heterocycles. The highest BCUT2D eigenvalue weighted by Gasteiger charge is 2.42. The zero-order chi connectivity index (χ0) is 14.0.